The van der Waals surface area contributed by atoms with Gasteiger partial charge in [-0.25, -0.2) is 0 Å². The van der Waals surface area contributed by atoms with Crippen LogP contribution in [0.3, 0.4) is 0 Å². The van der Waals surface area contributed by atoms with Gasteiger partial charge >= 0.3 is 0 Å². The lowest BCUT2D eigenvalue weighted by molar-refractivity contribution is 0.600. The summed E-state index contributed by atoms with van der Waals surface area (Å²) in [5.41, 5.74) is 12.4. The van der Waals surface area contributed by atoms with Crippen LogP contribution in [0.2, 0.25) is 0 Å². The second-order valence-corrected chi connectivity index (χ2v) is 3.26. The highest BCUT2D eigenvalue weighted by molar-refractivity contribution is 5.08. The first-order valence-electron chi connectivity index (χ1n) is 4.51. The Morgan fingerprint density at radius 1 is 1.09 bits per heavy atom. The van der Waals surface area contributed by atoms with Crippen molar-refractivity contribution in [2.45, 2.75) is 44.7 Å². The zero-order valence-electron chi connectivity index (χ0n) is 7.05. The van der Waals surface area contributed by atoms with Crippen LogP contribution >= 0.6 is 0 Å². The third-order valence-electron chi connectivity index (χ3n) is 2.25. The zero-order valence-corrected chi connectivity index (χ0v) is 7.05. The van der Waals surface area contributed by atoms with Gasteiger partial charge in [-0.1, -0.05) is 18.9 Å². The predicted octanol–water partition coefficient (Wildman–Crippen LogP) is 1.51. The van der Waals surface area contributed by atoms with E-state index in [9.17, 15) is 0 Å². The number of allylic oxidation sites excluding steroid dienone is 1. The van der Waals surface area contributed by atoms with Gasteiger partial charge in [-0.05, 0) is 31.3 Å². The Hall–Kier alpha value is -0.340. The molecule has 0 amide bonds. The largest absolute Gasteiger partial charge is 0.313 e. The molecular weight excluding hydrogens is 136 g/mol. The highest BCUT2D eigenvalue weighted by Crippen LogP contribution is 2.16. The standard InChI is InChI=1S/C9H18N2/c10-9(11)8-6-4-2-1-3-5-7-8/h6,9H,1-5,7,10-11H2/b8-6+. The molecule has 4 N–H and O–H groups in total. The molecule has 64 valence electrons. The molecule has 2 heteroatoms. The lowest BCUT2D eigenvalue weighted by atomic mass is 9.99. The molecule has 0 aliphatic heterocycles. The van der Waals surface area contributed by atoms with Crippen molar-refractivity contribution in [3.63, 3.8) is 0 Å². The Balaban J connectivity index is 2.45. The molecule has 0 aromatic rings. The quantitative estimate of drug-likeness (QED) is 0.444. The van der Waals surface area contributed by atoms with E-state index in [1.807, 2.05) is 0 Å². The Morgan fingerprint density at radius 3 is 2.55 bits per heavy atom. The van der Waals surface area contributed by atoms with Crippen LogP contribution < -0.4 is 11.5 Å². The van der Waals surface area contributed by atoms with E-state index in [1.54, 1.807) is 0 Å². The smallest absolute Gasteiger partial charge is 0.0743 e. The molecule has 0 spiro atoms. The lowest BCUT2D eigenvalue weighted by Gasteiger charge is -2.13. The summed E-state index contributed by atoms with van der Waals surface area (Å²) in [6.07, 6.45) is 9.55. The fraction of sp³-hybridized carbons (Fsp3) is 0.778. The van der Waals surface area contributed by atoms with Gasteiger partial charge in [-0.2, -0.15) is 0 Å². The average Bonchev–Trinajstić information content (AvgIpc) is 1.84. The molecule has 0 unspecified atom stereocenters. The van der Waals surface area contributed by atoms with Crippen molar-refractivity contribution in [3.8, 4) is 0 Å². The summed E-state index contributed by atoms with van der Waals surface area (Å²) < 4.78 is 0. The van der Waals surface area contributed by atoms with Crippen molar-refractivity contribution in [1.29, 1.82) is 0 Å². The highest BCUT2D eigenvalue weighted by Gasteiger charge is 2.05. The van der Waals surface area contributed by atoms with Crippen LogP contribution in [-0.4, -0.2) is 6.17 Å². The number of rotatable bonds is 1. The van der Waals surface area contributed by atoms with Crippen molar-refractivity contribution < 1.29 is 0 Å². The molecule has 0 radical (unpaired) electrons. The number of hydrogen-bond acceptors (Lipinski definition) is 2. The zero-order chi connectivity index (χ0) is 8.10. The van der Waals surface area contributed by atoms with E-state index < -0.39 is 0 Å². The first-order chi connectivity index (χ1) is 5.30. The van der Waals surface area contributed by atoms with Crippen LogP contribution in [0.15, 0.2) is 11.6 Å². The third kappa shape index (κ3) is 3.04. The summed E-state index contributed by atoms with van der Waals surface area (Å²) in [4.78, 5) is 0. The summed E-state index contributed by atoms with van der Waals surface area (Å²) in [6.45, 7) is 0. The number of nitrogens with two attached hydrogens (primary N) is 2. The maximum Gasteiger partial charge on any atom is 0.0743 e. The van der Waals surface area contributed by atoms with E-state index in [2.05, 4.69) is 6.08 Å². The van der Waals surface area contributed by atoms with E-state index in [0.717, 1.165) is 6.42 Å². The van der Waals surface area contributed by atoms with Crippen molar-refractivity contribution in [1.82, 2.24) is 0 Å². The molecule has 11 heavy (non-hydrogen) atoms. The van der Waals surface area contributed by atoms with Crippen molar-refractivity contribution in [3.05, 3.63) is 11.6 Å². The number of hydrogen-bond donors (Lipinski definition) is 2. The van der Waals surface area contributed by atoms with Gasteiger partial charge in [-0.3, -0.25) is 0 Å². The van der Waals surface area contributed by atoms with Gasteiger partial charge in [0.15, 0.2) is 0 Å². The van der Waals surface area contributed by atoms with Crippen LogP contribution in [0.4, 0.5) is 0 Å². The Bertz CT molecular complexity index is 138. The SMILES string of the molecule is NC(N)/C1=C/CCCCCC1. The minimum atomic E-state index is -0.215. The summed E-state index contributed by atoms with van der Waals surface area (Å²) >= 11 is 0. The summed E-state index contributed by atoms with van der Waals surface area (Å²) in [7, 11) is 0. The fourth-order valence-corrected chi connectivity index (χ4v) is 1.52. The Labute approximate surface area is 68.6 Å². The molecule has 2 nitrogen and oxygen atoms in total. The summed E-state index contributed by atoms with van der Waals surface area (Å²) in [5, 5.41) is 0. The molecule has 0 bridgehead atoms. The van der Waals surface area contributed by atoms with Crippen molar-refractivity contribution >= 4 is 0 Å². The molecule has 0 fully saturated rings. The van der Waals surface area contributed by atoms with Crippen LogP contribution in [0.25, 0.3) is 0 Å². The van der Waals surface area contributed by atoms with Gasteiger partial charge in [0.05, 0.1) is 6.17 Å². The molecule has 0 saturated heterocycles. The van der Waals surface area contributed by atoms with Gasteiger partial charge in [0.2, 0.25) is 0 Å². The first kappa shape index (κ1) is 8.75. The second kappa shape index (κ2) is 4.52. The first-order valence-corrected chi connectivity index (χ1v) is 4.51. The molecule has 1 rings (SSSR count). The molecular formula is C9H18N2. The van der Waals surface area contributed by atoms with E-state index in [0.29, 0.717) is 0 Å². The van der Waals surface area contributed by atoms with E-state index in [4.69, 9.17) is 11.5 Å². The van der Waals surface area contributed by atoms with Crippen molar-refractivity contribution in [2.75, 3.05) is 0 Å². The monoisotopic (exact) mass is 154 g/mol. The third-order valence-corrected chi connectivity index (χ3v) is 2.25. The van der Waals surface area contributed by atoms with Crippen LogP contribution in [0, 0.1) is 0 Å². The second-order valence-electron chi connectivity index (χ2n) is 3.26. The predicted molar refractivity (Wildman–Crippen MR) is 47.9 cm³/mol. The Kier molecular flexibility index (Phi) is 3.60. The molecule has 0 saturated carbocycles. The van der Waals surface area contributed by atoms with E-state index in [-0.39, 0.29) is 6.17 Å². The fourth-order valence-electron chi connectivity index (χ4n) is 1.52. The average molecular weight is 154 g/mol. The lowest BCUT2D eigenvalue weighted by Crippen LogP contribution is -2.32. The van der Waals surface area contributed by atoms with Gasteiger partial charge < -0.3 is 11.5 Å². The van der Waals surface area contributed by atoms with Crippen LogP contribution in [-0.2, 0) is 0 Å². The minimum absolute atomic E-state index is 0.215. The maximum absolute atomic E-state index is 5.60. The van der Waals surface area contributed by atoms with E-state index >= 15 is 0 Å². The topological polar surface area (TPSA) is 52.0 Å². The molecule has 0 heterocycles. The molecule has 0 atom stereocenters. The highest BCUT2D eigenvalue weighted by atomic mass is 14.8. The van der Waals surface area contributed by atoms with Gasteiger partial charge in [0.1, 0.15) is 0 Å². The van der Waals surface area contributed by atoms with E-state index in [1.165, 1.54) is 37.7 Å². The van der Waals surface area contributed by atoms with Crippen molar-refractivity contribution in [2.24, 2.45) is 11.5 Å². The van der Waals surface area contributed by atoms with Gasteiger partial charge in [-0.15, -0.1) is 0 Å². The molecule has 0 aromatic carbocycles. The molecule has 1 aliphatic carbocycles. The molecule has 0 aromatic heterocycles. The van der Waals surface area contributed by atoms with Crippen LogP contribution in [0.5, 0.6) is 0 Å². The minimum Gasteiger partial charge on any atom is -0.313 e. The molecule has 1 aliphatic rings. The maximum atomic E-state index is 5.60. The normalized spacial score (nSPS) is 25.5. The Morgan fingerprint density at radius 2 is 1.82 bits per heavy atom. The summed E-state index contributed by atoms with van der Waals surface area (Å²) in [6, 6.07) is 0. The van der Waals surface area contributed by atoms with Gasteiger partial charge in [0.25, 0.3) is 0 Å². The van der Waals surface area contributed by atoms with Gasteiger partial charge in [0, 0.05) is 0 Å². The summed E-state index contributed by atoms with van der Waals surface area (Å²) in [5.74, 6) is 0. The van der Waals surface area contributed by atoms with Crippen LogP contribution in [0.1, 0.15) is 38.5 Å².